The Morgan fingerprint density at radius 1 is 1.00 bits per heavy atom. The highest BCUT2D eigenvalue weighted by atomic mass is 32.1. The second-order valence-corrected chi connectivity index (χ2v) is 8.78. The maximum Gasteiger partial charge on any atom is 0.274 e. The summed E-state index contributed by atoms with van der Waals surface area (Å²) in [5, 5.41) is 2.72. The Morgan fingerprint density at radius 2 is 1.77 bits per heavy atom. The quantitative estimate of drug-likeness (QED) is 0.642. The zero-order valence-electron chi connectivity index (χ0n) is 16.8. The number of likely N-dealkylation sites (tertiary alicyclic amines) is 2. The number of benzene rings is 1. The smallest absolute Gasteiger partial charge is 0.274 e. The largest absolute Gasteiger partial charge is 0.467 e. The summed E-state index contributed by atoms with van der Waals surface area (Å²) in [6.45, 7) is 3.64. The number of para-hydroxylation sites is 2. The van der Waals surface area contributed by atoms with E-state index in [9.17, 15) is 4.79 Å². The van der Waals surface area contributed by atoms with Crippen molar-refractivity contribution in [2.24, 2.45) is 0 Å². The van der Waals surface area contributed by atoms with E-state index in [-0.39, 0.29) is 12.0 Å². The number of piperidine rings is 2. The van der Waals surface area contributed by atoms with Crippen LogP contribution in [0.3, 0.4) is 0 Å². The minimum absolute atomic E-state index is 0.0118. The van der Waals surface area contributed by atoms with E-state index >= 15 is 0 Å². The molecule has 7 nitrogen and oxygen atoms in total. The van der Waals surface area contributed by atoms with Gasteiger partial charge in [0, 0.05) is 43.8 Å². The summed E-state index contributed by atoms with van der Waals surface area (Å²) in [7, 11) is 0. The van der Waals surface area contributed by atoms with E-state index in [0.717, 1.165) is 68.1 Å². The minimum Gasteiger partial charge on any atom is -0.467 e. The van der Waals surface area contributed by atoms with E-state index in [2.05, 4.69) is 19.9 Å². The Kier molecular flexibility index (Phi) is 5.59. The molecule has 0 N–H and O–H groups in total. The number of nitrogens with zero attached hydrogens (tertiary/aromatic N) is 5. The Hall–Kier alpha value is -2.58. The van der Waals surface area contributed by atoms with E-state index in [1.54, 1.807) is 23.7 Å². The first kappa shape index (κ1) is 19.4. The maximum absolute atomic E-state index is 12.9. The molecule has 0 unspecified atom stereocenters. The summed E-state index contributed by atoms with van der Waals surface area (Å²) in [5.74, 6) is -0.0118. The second kappa shape index (κ2) is 8.65. The third kappa shape index (κ3) is 4.15. The lowest BCUT2D eigenvalue weighted by molar-refractivity contribution is 0.0422. The first-order valence-corrected chi connectivity index (χ1v) is 11.5. The van der Waals surface area contributed by atoms with E-state index < -0.39 is 0 Å². The zero-order valence-corrected chi connectivity index (χ0v) is 17.6. The van der Waals surface area contributed by atoms with Crippen LogP contribution in [0.25, 0.3) is 11.0 Å². The van der Waals surface area contributed by atoms with Crippen molar-refractivity contribution < 1.29 is 9.53 Å². The number of fused-ring (bicyclic) bond motifs is 1. The molecule has 2 aromatic heterocycles. The van der Waals surface area contributed by atoms with Crippen molar-refractivity contribution >= 4 is 28.3 Å². The number of carbonyl (C=O) groups excluding carboxylic acids is 1. The van der Waals surface area contributed by atoms with Crippen molar-refractivity contribution in [1.82, 2.24) is 24.8 Å². The number of rotatable bonds is 4. The fourth-order valence-electron chi connectivity index (χ4n) is 4.43. The van der Waals surface area contributed by atoms with Crippen LogP contribution in [0.5, 0.6) is 5.19 Å². The summed E-state index contributed by atoms with van der Waals surface area (Å²) >= 11 is 1.55. The molecule has 2 saturated heterocycles. The Labute approximate surface area is 179 Å². The zero-order chi connectivity index (χ0) is 20.3. The van der Waals surface area contributed by atoms with Crippen LogP contribution in [0.2, 0.25) is 0 Å². The van der Waals surface area contributed by atoms with Gasteiger partial charge in [-0.2, -0.15) is 0 Å². The summed E-state index contributed by atoms with van der Waals surface area (Å²) in [5.41, 5.74) is 2.02. The van der Waals surface area contributed by atoms with Crippen LogP contribution in [0.15, 0.2) is 42.0 Å². The van der Waals surface area contributed by atoms with Crippen molar-refractivity contribution in [1.29, 1.82) is 0 Å². The molecule has 4 heterocycles. The lowest BCUT2D eigenvalue weighted by atomic mass is 9.98. The van der Waals surface area contributed by atoms with Gasteiger partial charge >= 0.3 is 0 Å². The van der Waals surface area contributed by atoms with Gasteiger partial charge in [-0.15, -0.1) is 0 Å². The molecule has 30 heavy (non-hydrogen) atoms. The normalized spacial score (nSPS) is 19.3. The molecule has 2 aliphatic heterocycles. The predicted octanol–water partition coefficient (Wildman–Crippen LogP) is 3.23. The van der Waals surface area contributed by atoms with Gasteiger partial charge in [0.15, 0.2) is 0 Å². The van der Waals surface area contributed by atoms with E-state index in [0.29, 0.717) is 11.7 Å². The highest BCUT2D eigenvalue weighted by Crippen LogP contribution is 2.25. The van der Waals surface area contributed by atoms with Gasteiger partial charge in [0.1, 0.15) is 11.8 Å². The maximum atomic E-state index is 12.9. The van der Waals surface area contributed by atoms with E-state index in [1.165, 1.54) is 0 Å². The van der Waals surface area contributed by atoms with Gasteiger partial charge in [-0.05, 0) is 37.8 Å². The Morgan fingerprint density at radius 3 is 2.50 bits per heavy atom. The third-order valence-electron chi connectivity index (χ3n) is 6.09. The number of aromatic nitrogens is 3. The first-order chi connectivity index (χ1) is 14.8. The van der Waals surface area contributed by atoms with E-state index in [1.807, 2.05) is 34.5 Å². The fourth-order valence-corrected chi connectivity index (χ4v) is 4.98. The number of ether oxygens (including phenoxy) is 1. The topological polar surface area (TPSA) is 71.5 Å². The molecule has 1 amide bonds. The molecule has 0 radical (unpaired) electrons. The van der Waals surface area contributed by atoms with Crippen LogP contribution in [-0.2, 0) is 0 Å². The molecule has 0 saturated carbocycles. The standard InChI is InChI=1S/C22H25N5O2S/c28-21(20-15-24-18-3-1-2-4-19(18)25-20)27-10-5-16(6-11-27)26-12-7-17(8-13-26)29-22-23-9-14-30-22/h1-4,9,14-17H,5-8,10-13H2. The van der Waals surface area contributed by atoms with Gasteiger partial charge in [0.05, 0.1) is 17.2 Å². The molecule has 0 aliphatic carbocycles. The average molecular weight is 424 g/mol. The average Bonchev–Trinajstić information content (AvgIpc) is 3.32. The molecule has 5 rings (SSSR count). The summed E-state index contributed by atoms with van der Waals surface area (Å²) < 4.78 is 5.97. The molecule has 156 valence electrons. The van der Waals surface area contributed by atoms with Crippen LogP contribution in [0, 0.1) is 0 Å². The molecule has 2 fully saturated rings. The SMILES string of the molecule is O=C(c1cnc2ccccc2n1)N1CCC(N2CCC(Oc3nccs3)CC2)CC1. The summed E-state index contributed by atoms with van der Waals surface area (Å²) in [6, 6.07) is 8.19. The number of carbonyl (C=O) groups is 1. The van der Waals surface area contributed by atoms with Crippen molar-refractivity contribution in [3.63, 3.8) is 0 Å². The molecule has 0 spiro atoms. The molecule has 1 aromatic carbocycles. The molecular weight excluding hydrogens is 398 g/mol. The van der Waals surface area contributed by atoms with Gasteiger partial charge in [-0.25, -0.2) is 9.97 Å². The van der Waals surface area contributed by atoms with Gasteiger partial charge in [-0.1, -0.05) is 23.5 Å². The second-order valence-electron chi connectivity index (χ2n) is 7.92. The first-order valence-electron chi connectivity index (χ1n) is 10.6. The Balaban J connectivity index is 1.13. The van der Waals surface area contributed by atoms with Crippen molar-refractivity contribution in [2.75, 3.05) is 26.2 Å². The highest BCUT2D eigenvalue weighted by molar-refractivity contribution is 7.11. The molecule has 8 heteroatoms. The highest BCUT2D eigenvalue weighted by Gasteiger charge is 2.31. The van der Waals surface area contributed by atoms with Crippen molar-refractivity contribution in [3.05, 3.63) is 47.7 Å². The molecular formula is C22H25N5O2S. The van der Waals surface area contributed by atoms with Crippen LogP contribution in [0.4, 0.5) is 0 Å². The Bertz CT molecular complexity index is 996. The van der Waals surface area contributed by atoms with Gasteiger partial charge in [0.25, 0.3) is 11.1 Å². The lowest BCUT2D eigenvalue weighted by Gasteiger charge is -2.41. The number of thiazole rings is 1. The molecule has 3 aromatic rings. The van der Waals surface area contributed by atoms with Crippen molar-refractivity contribution in [2.45, 2.75) is 37.8 Å². The van der Waals surface area contributed by atoms with Crippen LogP contribution in [0.1, 0.15) is 36.2 Å². The van der Waals surface area contributed by atoms with Crippen LogP contribution >= 0.6 is 11.3 Å². The predicted molar refractivity (Wildman–Crippen MR) is 116 cm³/mol. The number of hydrogen-bond acceptors (Lipinski definition) is 7. The summed E-state index contributed by atoms with van der Waals surface area (Å²) in [6.07, 6.45) is 7.73. The fraction of sp³-hybridized carbons (Fsp3) is 0.455. The van der Waals surface area contributed by atoms with Crippen LogP contribution in [-0.4, -0.2) is 69.0 Å². The number of amides is 1. The van der Waals surface area contributed by atoms with Crippen molar-refractivity contribution in [3.8, 4) is 5.19 Å². The minimum atomic E-state index is -0.0118. The third-order valence-corrected chi connectivity index (χ3v) is 6.75. The van der Waals surface area contributed by atoms with Gasteiger partial charge in [0.2, 0.25) is 0 Å². The van der Waals surface area contributed by atoms with Crippen LogP contribution < -0.4 is 4.74 Å². The van der Waals surface area contributed by atoms with E-state index in [4.69, 9.17) is 4.74 Å². The van der Waals surface area contributed by atoms with Gasteiger partial charge in [-0.3, -0.25) is 14.7 Å². The summed E-state index contributed by atoms with van der Waals surface area (Å²) in [4.78, 5) is 30.5. The number of hydrogen-bond donors (Lipinski definition) is 0. The van der Waals surface area contributed by atoms with Gasteiger partial charge < -0.3 is 9.64 Å². The molecule has 0 atom stereocenters. The molecule has 0 bridgehead atoms. The monoisotopic (exact) mass is 423 g/mol. The lowest BCUT2D eigenvalue weighted by Crippen LogP contribution is -2.50. The molecule has 2 aliphatic rings.